The largest absolute Gasteiger partial charge is 0.292 e. The highest BCUT2D eigenvalue weighted by molar-refractivity contribution is 6.30. The van der Waals surface area contributed by atoms with Gasteiger partial charge in [-0.05, 0) is 95.0 Å². The molecule has 228 valence electrons. The Morgan fingerprint density at radius 1 is 0.347 bits per heavy atom. The summed E-state index contributed by atoms with van der Waals surface area (Å²) in [6, 6.07) is 65.9. The molecular formula is C47H30N2. The van der Waals surface area contributed by atoms with Gasteiger partial charge < -0.3 is 0 Å². The Bertz CT molecular complexity index is 2990. The van der Waals surface area contributed by atoms with Crippen LogP contribution in [0.2, 0.25) is 0 Å². The summed E-state index contributed by atoms with van der Waals surface area (Å²) in [5.74, 6) is 0.925. The maximum Gasteiger partial charge on any atom is 0.145 e. The molecule has 49 heavy (non-hydrogen) atoms. The fraction of sp³-hybridized carbons (Fsp3) is 0. The summed E-state index contributed by atoms with van der Waals surface area (Å²) in [5, 5.41) is 14.7. The summed E-state index contributed by atoms with van der Waals surface area (Å²) in [4.78, 5) is 5.26. The molecule has 9 aromatic carbocycles. The van der Waals surface area contributed by atoms with Gasteiger partial charge in [-0.1, -0.05) is 152 Å². The third kappa shape index (κ3) is 4.31. The third-order valence-electron chi connectivity index (χ3n) is 9.99. The Morgan fingerprint density at radius 2 is 0.837 bits per heavy atom. The average Bonchev–Trinajstić information content (AvgIpc) is 3.57. The molecule has 0 atom stereocenters. The molecule has 0 saturated heterocycles. The SMILES string of the molecule is c1ccc(-n2c(-c3ccc4c5ccccc5c5ccccc5c5ccccc5c5c6ccccc6ccc5c4c3)nc3ccccc32)cc1. The maximum atomic E-state index is 5.26. The molecule has 1 aromatic heterocycles. The van der Waals surface area contributed by atoms with Crippen LogP contribution in [0.4, 0.5) is 0 Å². The first-order valence-corrected chi connectivity index (χ1v) is 16.8. The second-order valence-electron chi connectivity index (χ2n) is 12.7. The van der Waals surface area contributed by atoms with E-state index in [1.165, 1.54) is 64.6 Å². The number of hydrogen-bond acceptors (Lipinski definition) is 1. The van der Waals surface area contributed by atoms with Gasteiger partial charge in [0.1, 0.15) is 5.82 Å². The van der Waals surface area contributed by atoms with Gasteiger partial charge in [0.15, 0.2) is 0 Å². The second kappa shape index (κ2) is 11.0. The number of benzene rings is 8. The molecule has 2 nitrogen and oxygen atoms in total. The number of rotatable bonds is 2. The Balaban J connectivity index is 1.48. The maximum absolute atomic E-state index is 5.26. The van der Waals surface area contributed by atoms with Crippen molar-refractivity contribution in [1.82, 2.24) is 9.55 Å². The molecule has 0 aliphatic carbocycles. The summed E-state index contributed by atoms with van der Waals surface area (Å²) < 4.78 is 2.29. The van der Waals surface area contributed by atoms with Gasteiger partial charge in [-0.15, -0.1) is 0 Å². The molecule has 0 aliphatic heterocycles. The predicted molar refractivity (Wildman–Crippen MR) is 209 cm³/mol. The number of imidazole rings is 1. The Morgan fingerprint density at radius 3 is 1.53 bits per heavy atom. The van der Waals surface area contributed by atoms with Crippen molar-refractivity contribution in [3.05, 3.63) is 182 Å². The van der Waals surface area contributed by atoms with Gasteiger partial charge in [-0.25, -0.2) is 4.98 Å². The number of hydrogen-bond donors (Lipinski definition) is 0. The number of nitrogens with zero attached hydrogens (tertiary/aromatic N) is 2. The smallest absolute Gasteiger partial charge is 0.145 e. The lowest BCUT2D eigenvalue weighted by molar-refractivity contribution is 1.10. The predicted octanol–water partition coefficient (Wildman–Crippen LogP) is 12.7. The van der Waals surface area contributed by atoms with Crippen molar-refractivity contribution in [3.63, 3.8) is 0 Å². The lowest BCUT2D eigenvalue weighted by Crippen LogP contribution is -1.97. The molecule has 0 unspecified atom stereocenters. The molecule has 0 fully saturated rings. The average molecular weight is 623 g/mol. The highest BCUT2D eigenvalue weighted by Gasteiger charge is 2.16. The van der Waals surface area contributed by atoms with Crippen molar-refractivity contribution in [2.24, 2.45) is 0 Å². The van der Waals surface area contributed by atoms with Crippen molar-refractivity contribution in [3.8, 4) is 17.1 Å². The quantitative estimate of drug-likeness (QED) is 0.188. The van der Waals surface area contributed by atoms with Crippen molar-refractivity contribution >= 4 is 75.7 Å². The zero-order valence-electron chi connectivity index (χ0n) is 26.7. The van der Waals surface area contributed by atoms with E-state index in [0.29, 0.717) is 0 Å². The molecule has 10 aromatic rings. The van der Waals surface area contributed by atoms with Crippen LogP contribution in [0.15, 0.2) is 182 Å². The third-order valence-corrected chi connectivity index (χ3v) is 9.99. The molecule has 0 spiro atoms. The normalized spacial score (nSPS) is 11.7. The van der Waals surface area contributed by atoms with E-state index in [-0.39, 0.29) is 0 Å². The van der Waals surface area contributed by atoms with Crippen LogP contribution < -0.4 is 0 Å². The van der Waals surface area contributed by atoms with Crippen LogP contribution >= 0.6 is 0 Å². The lowest BCUT2D eigenvalue weighted by atomic mass is 9.91. The van der Waals surface area contributed by atoms with E-state index in [1.807, 2.05) is 0 Å². The number of fused-ring (bicyclic) bond motifs is 13. The topological polar surface area (TPSA) is 17.8 Å². The zero-order valence-corrected chi connectivity index (χ0v) is 26.7. The van der Waals surface area contributed by atoms with Gasteiger partial charge in [-0.3, -0.25) is 4.57 Å². The van der Waals surface area contributed by atoms with Crippen LogP contribution in [0.3, 0.4) is 0 Å². The Hall–Kier alpha value is -6.51. The minimum atomic E-state index is 0.925. The van der Waals surface area contributed by atoms with E-state index in [0.717, 1.165) is 28.1 Å². The molecule has 0 radical (unpaired) electrons. The molecule has 0 amide bonds. The minimum Gasteiger partial charge on any atom is -0.292 e. The molecular weight excluding hydrogens is 593 g/mol. The first-order chi connectivity index (χ1) is 24.3. The Labute approximate surface area is 283 Å². The first-order valence-electron chi connectivity index (χ1n) is 16.8. The summed E-state index contributed by atoms with van der Waals surface area (Å²) in [7, 11) is 0. The summed E-state index contributed by atoms with van der Waals surface area (Å²) >= 11 is 0. The van der Waals surface area contributed by atoms with E-state index in [4.69, 9.17) is 4.98 Å². The Kier molecular flexibility index (Phi) is 6.22. The van der Waals surface area contributed by atoms with Gasteiger partial charge in [0, 0.05) is 11.3 Å². The fourth-order valence-electron chi connectivity index (χ4n) is 7.83. The number of aromatic nitrogens is 2. The van der Waals surface area contributed by atoms with Crippen molar-refractivity contribution in [2.75, 3.05) is 0 Å². The lowest BCUT2D eigenvalue weighted by Gasteiger charge is -2.13. The first kappa shape index (κ1) is 27.6. The molecule has 1 heterocycles. The van der Waals surface area contributed by atoms with Gasteiger partial charge in [-0.2, -0.15) is 0 Å². The van der Waals surface area contributed by atoms with Crippen molar-refractivity contribution in [2.45, 2.75) is 0 Å². The van der Waals surface area contributed by atoms with Gasteiger partial charge in [0.25, 0.3) is 0 Å². The van der Waals surface area contributed by atoms with Crippen LogP contribution in [-0.4, -0.2) is 9.55 Å². The van der Waals surface area contributed by atoms with Crippen LogP contribution in [0.5, 0.6) is 0 Å². The standard InChI is InChI=1S/C47H30N2/c1-2-15-33(16-3-1)49-45-25-13-12-24-44(45)48-47(49)32-27-28-40-38-21-9-7-19-36(38)35-18-6-8-20-37(35)39-22-10-11-23-41(39)46-34-17-5-4-14-31(34)26-29-42(46)43(40)30-32/h1-30H. The molecule has 10 rings (SSSR count). The number of para-hydroxylation sites is 3. The van der Waals surface area contributed by atoms with Crippen LogP contribution in [0.1, 0.15) is 0 Å². The molecule has 0 aliphatic rings. The van der Waals surface area contributed by atoms with E-state index >= 15 is 0 Å². The van der Waals surface area contributed by atoms with Gasteiger partial charge in [0.05, 0.1) is 11.0 Å². The molecule has 2 heteroatoms. The fourth-order valence-corrected chi connectivity index (χ4v) is 7.83. The van der Waals surface area contributed by atoms with E-state index in [1.54, 1.807) is 0 Å². The highest BCUT2D eigenvalue weighted by atomic mass is 15.1. The minimum absolute atomic E-state index is 0.925. The van der Waals surface area contributed by atoms with Crippen LogP contribution in [-0.2, 0) is 0 Å². The summed E-state index contributed by atoms with van der Waals surface area (Å²) in [6.45, 7) is 0. The van der Waals surface area contributed by atoms with E-state index < -0.39 is 0 Å². The van der Waals surface area contributed by atoms with Crippen LogP contribution in [0.25, 0.3) is 92.7 Å². The van der Waals surface area contributed by atoms with Crippen molar-refractivity contribution < 1.29 is 0 Å². The molecule has 0 saturated carbocycles. The van der Waals surface area contributed by atoms with Gasteiger partial charge >= 0.3 is 0 Å². The molecule has 0 N–H and O–H groups in total. The second-order valence-corrected chi connectivity index (χ2v) is 12.7. The molecule has 0 bridgehead atoms. The van der Waals surface area contributed by atoms with Crippen LogP contribution in [0, 0.1) is 0 Å². The zero-order chi connectivity index (χ0) is 32.3. The highest BCUT2D eigenvalue weighted by Crippen LogP contribution is 2.40. The summed E-state index contributed by atoms with van der Waals surface area (Å²) in [5.41, 5.74) is 4.23. The van der Waals surface area contributed by atoms with Gasteiger partial charge in [0.2, 0.25) is 0 Å². The van der Waals surface area contributed by atoms with Crippen molar-refractivity contribution in [1.29, 1.82) is 0 Å². The summed E-state index contributed by atoms with van der Waals surface area (Å²) in [6.07, 6.45) is 0. The van der Waals surface area contributed by atoms with E-state index in [9.17, 15) is 0 Å². The monoisotopic (exact) mass is 622 g/mol. The van der Waals surface area contributed by atoms with E-state index in [2.05, 4.69) is 187 Å².